The van der Waals surface area contributed by atoms with Crippen LogP contribution >= 0.6 is 0 Å². The molecule has 0 saturated carbocycles. The fraction of sp³-hybridized carbons (Fsp3) is 0.111. The van der Waals surface area contributed by atoms with Crippen molar-refractivity contribution in [2.45, 2.75) is 34.6 Å². The van der Waals surface area contributed by atoms with Gasteiger partial charge >= 0.3 is 23.9 Å². The fourth-order valence-corrected chi connectivity index (χ4v) is 8.62. The molecule has 0 atom stereocenters. The number of hydrogen-bond donors (Lipinski definition) is 0. The third-order valence-corrected chi connectivity index (χ3v) is 13.6. The van der Waals surface area contributed by atoms with Gasteiger partial charge in [-0.2, -0.15) is 0 Å². The molecule has 464 valence electrons. The second-order valence-corrected chi connectivity index (χ2v) is 20.9. The summed E-state index contributed by atoms with van der Waals surface area (Å²) in [5.41, 5.74) is 0.875. The molecule has 10 aromatic rings. The number of ether oxygens (including phenoxy) is 9. The highest BCUT2D eigenvalue weighted by Crippen LogP contribution is 2.39. The number of esters is 4. The normalized spacial score (nSPS) is 10.7. The number of fused-ring (bicyclic) bond motifs is 2. The lowest BCUT2D eigenvalue weighted by Crippen LogP contribution is -2.23. The van der Waals surface area contributed by atoms with Crippen LogP contribution in [0, 0.1) is 12.7 Å². The Balaban J connectivity index is 0.000000245. The van der Waals surface area contributed by atoms with E-state index in [0.717, 1.165) is 20.3 Å². The molecule has 0 bridgehead atoms. The van der Waals surface area contributed by atoms with Crippen molar-refractivity contribution in [3.05, 3.63) is 265 Å². The van der Waals surface area contributed by atoms with E-state index in [9.17, 15) is 42.7 Å². The van der Waals surface area contributed by atoms with Gasteiger partial charge in [-0.15, -0.1) is 0 Å². The summed E-state index contributed by atoms with van der Waals surface area (Å²) in [6, 6.07) is 42.7. The zero-order chi connectivity index (χ0) is 66.1. The van der Waals surface area contributed by atoms with Crippen LogP contribution in [0.2, 0.25) is 0 Å². The molecule has 2 heterocycles. The number of benzene rings is 8. The van der Waals surface area contributed by atoms with E-state index in [2.05, 4.69) is 26.3 Å². The molecule has 92 heavy (non-hydrogen) atoms. The minimum absolute atomic E-state index is 0.0207. The maximum Gasteiger partial charge on any atom is 0.338 e. The molecule has 0 N–H and O–H groups in total. The van der Waals surface area contributed by atoms with Crippen molar-refractivity contribution in [1.82, 2.24) is 9.13 Å². The van der Waals surface area contributed by atoms with Crippen LogP contribution < -0.4 is 64.9 Å². The highest BCUT2D eigenvalue weighted by Gasteiger charge is 2.22. The highest BCUT2D eigenvalue weighted by atomic mass is 19.1. The summed E-state index contributed by atoms with van der Waals surface area (Å²) in [6.07, 6.45) is 0. The molecule has 0 radical (unpaired) electrons. The summed E-state index contributed by atoms with van der Waals surface area (Å²) in [7, 11) is 1.33. The number of rotatable bonds is 21. The third-order valence-electron chi connectivity index (χ3n) is 13.6. The third kappa shape index (κ3) is 15.2. The summed E-state index contributed by atoms with van der Waals surface area (Å²) < 4.78 is 67.0. The lowest BCUT2D eigenvalue weighted by Gasteiger charge is -2.16. The van der Waals surface area contributed by atoms with E-state index < -0.39 is 51.9 Å². The van der Waals surface area contributed by atoms with E-state index in [-0.39, 0.29) is 80.3 Å². The second kappa shape index (κ2) is 27.9. The van der Waals surface area contributed by atoms with Crippen LogP contribution in [-0.4, -0.2) is 46.2 Å². The molecular weight excluding hydrogens is 1180 g/mol. The van der Waals surface area contributed by atoms with Crippen LogP contribution in [0.4, 0.5) is 4.39 Å². The monoisotopic (exact) mass is 1240 g/mol. The first-order chi connectivity index (χ1) is 43.9. The van der Waals surface area contributed by atoms with E-state index in [1.807, 2.05) is 6.92 Å². The average molecular weight is 1240 g/mol. The van der Waals surface area contributed by atoms with Gasteiger partial charge in [0.1, 0.15) is 65.0 Å². The van der Waals surface area contributed by atoms with Gasteiger partial charge in [0.25, 0.3) is 22.2 Å². The van der Waals surface area contributed by atoms with Gasteiger partial charge in [0, 0.05) is 41.5 Å². The fourth-order valence-electron chi connectivity index (χ4n) is 8.62. The van der Waals surface area contributed by atoms with Crippen LogP contribution in [0.1, 0.15) is 33.3 Å². The van der Waals surface area contributed by atoms with Crippen molar-refractivity contribution < 1.29 is 66.2 Å². The minimum atomic E-state index is -0.696. The lowest BCUT2D eigenvalue weighted by atomic mass is 10.1. The van der Waals surface area contributed by atoms with Gasteiger partial charge in [-0.1, -0.05) is 50.6 Å². The summed E-state index contributed by atoms with van der Waals surface area (Å²) in [5.74, 6) is 1.16. The van der Waals surface area contributed by atoms with Gasteiger partial charge in [-0.25, -0.2) is 28.1 Å². The molecule has 10 rings (SSSR count). The Kier molecular flexibility index (Phi) is 19.5. The second-order valence-electron chi connectivity index (χ2n) is 20.9. The average Bonchev–Trinajstić information content (AvgIpc) is 1.58. The topological polar surface area (TPSA) is 229 Å². The summed E-state index contributed by atoms with van der Waals surface area (Å²) in [5, 5.41) is 0.0362. The predicted octanol–water partition coefficient (Wildman–Crippen LogP) is 13.0. The van der Waals surface area contributed by atoms with E-state index in [4.69, 9.17) is 42.6 Å². The molecule has 0 aliphatic carbocycles. The number of nitrogens with zero attached hydrogens (tertiary/aromatic N) is 2. The summed E-state index contributed by atoms with van der Waals surface area (Å²) >= 11 is 0. The van der Waals surface area contributed by atoms with Gasteiger partial charge < -0.3 is 42.6 Å². The Bertz CT molecular complexity index is 4720. The Morgan fingerprint density at radius 2 is 0.750 bits per heavy atom. The number of halogens is 1. The first kappa shape index (κ1) is 64.3. The molecular formula is C72H57FN2O17. The molecule has 0 fully saturated rings. The van der Waals surface area contributed by atoms with Crippen LogP contribution in [0.25, 0.3) is 38.4 Å². The summed E-state index contributed by atoms with van der Waals surface area (Å²) in [4.78, 5) is 99.8. The van der Waals surface area contributed by atoms with Crippen molar-refractivity contribution in [2.24, 2.45) is 7.05 Å². The largest absolute Gasteiger partial charge is 0.490 e. The number of hydrogen-bond acceptors (Lipinski definition) is 17. The van der Waals surface area contributed by atoms with Gasteiger partial charge in [0.2, 0.25) is 0 Å². The Morgan fingerprint density at radius 3 is 1.21 bits per heavy atom. The molecule has 0 aliphatic heterocycles. The van der Waals surface area contributed by atoms with Crippen LogP contribution in [-0.2, 0) is 26.2 Å². The first-order valence-corrected chi connectivity index (χ1v) is 28.0. The van der Waals surface area contributed by atoms with Crippen molar-refractivity contribution in [1.29, 1.82) is 0 Å². The Hall–Kier alpha value is -12.2. The molecule has 2 aromatic heterocycles. The van der Waals surface area contributed by atoms with E-state index in [1.165, 1.54) is 62.5 Å². The Morgan fingerprint density at radius 1 is 0.380 bits per heavy atom. The molecule has 0 amide bonds. The maximum absolute atomic E-state index is 14.5. The van der Waals surface area contributed by atoms with Gasteiger partial charge in [-0.05, 0) is 179 Å². The SMILES string of the molecule is C=C(C)C(=O)Oc1ccc(OCCOc2ccc(-c3ccc(OC(=O)C(=C)C)cc3)cc2F)cc1.C=C(C)C(=O)Oc1ccc(Oc2cc(Oc3ccc(-n4c(=O)c5cc6c(=O)n(C)c(=O)c6cc5c4=O)cc3Oc3ccc(OC(=O)C(=C)C)cc3)ccc2C)cc1. The number of carbonyl (C=O) groups is 4. The van der Waals surface area contributed by atoms with Crippen LogP contribution in [0.15, 0.2) is 232 Å². The molecule has 0 aliphatic rings. The zero-order valence-corrected chi connectivity index (χ0v) is 50.5. The minimum Gasteiger partial charge on any atom is -0.490 e. The predicted molar refractivity (Wildman–Crippen MR) is 343 cm³/mol. The van der Waals surface area contributed by atoms with Crippen molar-refractivity contribution in [3.63, 3.8) is 0 Å². The molecule has 8 aromatic carbocycles. The molecule has 0 spiro atoms. The highest BCUT2D eigenvalue weighted by molar-refractivity contribution is 5.98. The molecule has 20 heteroatoms. The lowest BCUT2D eigenvalue weighted by molar-refractivity contribution is -0.130. The standard InChI is InChI=1S/C44H32N2O11.C28H25FO6/c1-23(2)43(51)56-29-14-10-27(11-15-29)53-37-20-31(9-7-25(37)5)55-36-18-8-26(19-38(36)54-28-12-16-30(17-13-28)57-44(52)24(3)4)46-41(49)34-21-32-33(22-35(34)42(46)50)40(48)45(6)39(32)47;1-18(2)27(30)34-23-8-5-20(6-9-23)21-7-14-26(25(29)17-21)33-16-15-32-22-10-12-24(13-11-22)35-28(31)19(3)4/h7-22H,1,3H2,2,4-6H3;5-14,17H,1,3,15-16H2,2,4H3. The smallest absolute Gasteiger partial charge is 0.338 e. The van der Waals surface area contributed by atoms with Crippen molar-refractivity contribution in [3.8, 4) is 85.8 Å². The number of aromatic nitrogens is 2. The van der Waals surface area contributed by atoms with Gasteiger partial charge in [0.05, 0.1) is 27.2 Å². The van der Waals surface area contributed by atoms with Gasteiger partial charge in [-0.3, -0.25) is 23.7 Å². The zero-order valence-electron chi connectivity index (χ0n) is 50.5. The molecule has 0 unspecified atom stereocenters. The van der Waals surface area contributed by atoms with Crippen molar-refractivity contribution in [2.75, 3.05) is 13.2 Å². The van der Waals surface area contributed by atoms with E-state index in [1.54, 1.807) is 136 Å². The number of carbonyl (C=O) groups excluding carboxylic acids is 4. The maximum atomic E-state index is 14.5. The van der Waals surface area contributed by atoms with Gasteiger partial charge in [0.15, 0.2) is 23.1 Å². The number of aryl methyl sites for hydroxylation is 1. The van der Waals surface area contributed by atoms with Crippen LogP contribution in [0.5, 0.6) is 69.0 Å². The first-order valence-electron chi connectivity index (χ1n) is 28.0. The van der Waals surface area contributed by atoms with E-state index >= 15 is 0 Å². The molecule has 0 saturated heterocycles. The summed E-state index contributed by atoms with van der Waals surface area (Å²) in [6.45, 7) is 22.6. The van der Waals surface area contributed by atoms with E-state index in [0.29, 0.717) is 57.0 Å². The quantitative estimate of drug-likeness (QED) is 0.0282. The molecule has 19 nitrogen and oxygen atoms in total. The van der Waals surface area contributed by atoms with Crippen molar-refractivity contribution >= 4 is 45.4 Å². The van der Waals surface area contributed by atoms with Crippen LogP contribution in [0.3, 0.4) is 0 Å². The Labute approximate surface area is 524 Å².